The highest BCUT2D eigenvalue weighted by molar-refractivity contribution is 6.05. The summed E-state index contributed by atoms with van der Waals surface area (Å²) < 4.78 is 17.1. The Balaban J connectivity index is 1.65. The molecule has 2 N–H and O–H groups in total. The Kier molecular flexibility index (Phi) is 7.39. The highest BCUT2D eigenvalue weighted by Gasteiger charge is 2.16. The van der Waals surface area contributed by atoms with Crippen LogP contribution in [0.15, 0.2) is 77.4 Å². The summed E-state index contributed by atoms with van der Waals surface area (Å²) in [6.07, 6.45) is 3.26. The van der Waals surface area contributed by atoms with Gasteiger partial charge in [0, 0.05) is 47.0 Å². The molecular weight excluding hydrogens is 456 g/mol. The van der Waals surface area contributed by atoms with Gasteiger partial charge in [0.1, 0.15) is 17.1 Å². The van der Waals surface area contributed by atoms with E-state index in [4.69, 9.17) is 13.9 Å². The molecule has 7 heteroatoms. The number of fused-ring (bicyclic) bond motifs is 1. The van der Waals surface area contributed by atoms with Crippen LogP contribution in [0.25, 0.3) is 27.7 Å². The maximum atomic E-state index is 12.8. The van der Waals surface area contributed by atoms with Crippen molar-refractivity contribution in [1.82, 2.24) is 0 Å². The largest absolute Gasteiger partial charge is 0.497 e. The molecule has 0 aliphatic carbocycles. The summed E-state index contributed by atoms with van der Waals surface area (Å²) in [5.41, 5.74) is 5.39. The number of benzene rings is 3. The summed E-state index contributed by atoms with van der Waals surface area (Å²) >= 11 is 0. The molecule has 1 aromatic heterocycles. The van der Waals surface area contributed by atoms with Gasteiger partial charge in [0.2, 0.25) is 11.8 Å². The first kappa shape index (κ1) is 24.6. The summed E-state index contributed by atoms with van der Waals surface area (Å²) in [7, 11) is 1.63. The quantitative estimate of drug-likeness (QED) is 0.278. The van der Waals surface area contributed by atoms with Crippen LogP contribution in [0.5, 0.6) is 11.5 Å². The molecule has 0 atom stereocenters. The van der Waals surface area contributed by atoms with Crippen LogP contribution in [0.1, 0.15) is 26.3 Å². The lowest BCUT2D eigenvalue weighted by Crippen LogP contribution is -2.09. The van der Waals surface area contributed by atoms with Crippen molar-refractivity contribution >= 4 is 39.7 Å². The second kappa shape index (κ2) is 10.8. The number of amides is 2. The average Bonchev–Trinajstić information content (AvgIpc) is 3.27. The number of carbonyl (C=O) groups excluding carboxylic acids is 2. The van der Waals surface area contributed by atoms with Gasteiger partial charge in [-0.25, -0.2) is 0 Å². The number of carbonyl (C=O) groups is 2. The van der Waals surface area contributed by atoms with E-state index in [-0.39, 0.29) is 11.8 Å². The first-order chi connectivity index (χ1) is 17.4. The number of ether oxygens (including phenoxy) is 2. The van der Waals surface area contributed by atoms with Gasteiger partial charge in [0.25, 0.3) is 0 Å². The van der Waals surface area contributed by atoms with Crippen LogP contribution in [0.2, 0.25) is 0 Å². The molecule has 1 heterocycles. The number of methoxy groups -OCH3 is 1. The number of rotatable bonds is 8. The molecule has 0 radical (unpaired) electrons. The van der Waals surface area contributed by atoms with Gasteiger partial charge in [-0.1, -0.05) is 12.1 Å². The smallest absolute Gasteiger partial charge is 0.248 e. The Hall–Kier alpha value is -4.52. The zero-order valence-corrected chi connectivity index (χ0v) is 20.7. The number of hydrogen-bond donors (Lipinski definition) is 2. The second-order valence-corrected chi connectivity index (χ2v) is 8.23. The summed E-state index contributed by atoms with van der Waals surface area (Å²) in [4.78, 5) is 24.0. The molecule has 0 spiro atoms. The molecule has 0 saturated heterocycles. The van der Waals surface area contributed by atoms with Crippen LogP contribution in [0.4, 0.5) is 11.4 Å². The maximum absolute atomic E-state index is 12.8. The number of nitrogens with one attached hydrogen (secondary N) is 2. The SMILES string of the molecule is CCOc1cc2occ(-c3cccc(OC)c3)c2cc1/C(C)=C/C(=O)Nc1ccc(NC(C)=O)cc1. The highest BCUT2D eigenvalue weighted by atomic mass is 16.5. The first-order valence-electron chi connectivity index (χ1n) is 11.6. The molecule has 2 amide bonds. The zero-order valence-electron chi connectivity index (χ0n) is 20.7. The van der Waals surface area contributed by atoms with Crippen molar-refractivity contribution in [2.24, 2.45) is 0 Å². The Morgan fingerprint density at radius 1 is 0.972 bits per heavy atom. The molecular formula is C29H28N2O5. The zero-order chi connectivity index (χ0) is 25.7. The third-order valence-corrected chi connectivity index (χ3v) is 5.60. The van der Waals surface area contributed by atoms with Gasteiger partial charge in [-0.05, 0) is 67.4 Å². The molecule has 184 valence electrons. The standard InChI is InChI=1S/C29H28N2O5/c1-5-35-27-16-28-25(26(17-36-28)20-7-6-8-23(14-20)34-4)15-24(27)18(2)13-29(33)31-22-11-9-21(10-12-22)30-19(3)32/h6-17H,5H2,1-4H3,(H,30,32)(H,31,33)/b18-13+. The Bertz CT molecular complexity index is 1430. The van der Waals surface area contributed by atoms with E-state index in [1.807, 2.05) is 50.2 Å². The van der Waals surface area contributed by atoms with Crippen LogP contribution in [0, 0.1) is 0 Å². The van der Waals surface area contributed by atoms with Crippen molar-refractivity contribution in [3.05, 3.63) is 78.6 Å². The minimum Gasteiger partial charge on any atom is -0.497 e. The molecule has 0 aliphatic heterocycles. The van der Waals surface area contributed by atoms with Gasteiger partial charge in [-0.15, -0.1) is 0 Å². The van der Waals surface area contributed by atoms with Crippen molar-refractivity contribution in [3.8, 4) is 22.6 Å². The summed E-state index contributed by atoms with van der Waals surface area (Å²) in [5, 5.41) is 6.46. The number of allylic oxidation sites excluding steroid dienone is 1. The fraction of sp³-hybridized carbons (Fsp3) is 0.172. The van der Waals surface area contributed by atoms with E-state index in [0.717, 1.165) is 33.4 Å². The van der Waals surface area contributed by atoms with Gasteiger partial charge in [-0.2, -0.15) is 0 Å². The number of furan rings is 1. The fourth-order valence-electron chi connectivity index (χ4n) is 3.95. The molecule has 3 aromatic carbocycles. The summed E-state index contributed by atoms with van der Waals surface area (Å²) in [5.74, 6) is 0.964. The van der Waals surface area contributed by atoms with Crippen LogP contribution >= 0.6 is 0 Å². The Morgan fingerprint density at radius 2 is 1.69 bits per heavy atom. The lowest BCUT2D eigenvalue weighted by molar-refractivity contribution is -0.114. The molecule has 0 aliphatic rings. The van der Waals surface area contributed by atoms with Crippen LogP contribution in [-0.4, -0.2) is 25.5 Å². The van der Waals surface area contributed by atoms with Crippen LogP contribution in [-0.2, 0) is 9.59 Å². The fourth-order valence-corrected chi connectivity index (χ4v) is 3.95. The molecule has 0 bridgehead atoms. The number of hydrogen-bond acceptors (Lipinski definition) is 5. The second-order valence-electron chi connectivity index (χ2n) is 8.23. The van der Waals surface area contributed by atoms with Crippen molar-refractivity contribution in [2.45, 2.75) is 20.8 Å². The molecule has 4 aromatic rings. The predicted octanol–water partition coefficient (Wildman–Crippen LogP) is 6.51. The van der Waals surface area contributed by atoms with E-state index in [9.17, 15) is 9.59 Å². The van der Waals surface area contributed by atoms with E-state index < -0.39 is 0 Å². The molecule has 36 heavy (non-hydrogen) atoms. The maximum Gasteiger partial charge on any atom is 0.248 e. The molecule has 0 fully saturated rings. The monoisotopic (exact) mass is 484 g/mol. The minimum atomic E-state index is -0.275. The molecule has 0 unspecified atom stereocenters. The molecule has 0 saturated carbocycles. The number of anilines is 2. The van der Waals surface area contributed by atoms with E-state index in [1.54, 1.807) is 37.6 Å². The van der Waals surface area contributed by atoms with Crippen LogP contribution in [0.3, 0.4) is 0 Å². The van der Waals surface area contributed by atoms with Crippen molar-refractivity contribution in [2.75, 3.05) is 24.4 Å². The Morgan fingerprint density at radius 3 is 2.36 bits per heavy atom. The van der Waals surface area contributed by atoms with Crippen molar-refractivity contribution in [1.29, 1.82) is 0 Å². The van der Waals surface area contributed by atoms with Crippen molar-refractivity contribution < 1.29 is 23.5 Å². The van der Waals surface area contributed by atoms with Gasteiger partial charge < -0.3 is 24.5 Å². The van der Waals surface area contributed by atoms with E-state index in [1.165, 1.54) is 13.0 Å². The first-order valence-corrected chi connectivity index (χ1v) is 11.6. The molecule has 7 nitrogen and oxygen atoms in total. The third kappa shape index (κ3) is 5.58. The van der Waals surface area contributed by atoms with Crippen LogP contribution < -0.4 is 20.1 Å². The summed E-state index contributed by atoms with van der Waals surface area (Å²) in [6.45, 7) is 5.70. The third-order valence-electron chi connectivity index (χ3n) is 5.60. The van der Waals surface area contributed by atoms with E-state index in [0.29, 0.717) is 29.3 Å². The lowest BCUT2D eigenvalue weighted by atomic mass is 9.99. The van der Waals surface area contributed by atoms with E-state index in [2.05, 4.69) is 10.6 Å². The molecule has 4 rings (SSSR count). The summed E-state index contributed by atoms with van der Waals surface area (Å²) in [6, 6.07) is 18.5. The predicted molar refractivity (Wildman–Crippen MR) is 142 cm³/mol. The van der Waals surface area contributed by atoms with Gasteiger partial charge in [0.05, 0.1) is 20.0 Å². The highest BCUT2D eigenvalue weighted by Crippen LogP contribution is 2.38. The van der Waals surface area contributed by atoms with Crippen molar-refractivity contribution in [3.63, 3.8) is 0 Å². The normalized spacial score (nSPS) is 11.3. The van der Waals surface area contributed by atoms with Gasteiger partial charge >= 0.3 is 0 Å². The lowest BCUT2D eigenvalue weighted by Gasteiger charge is -2.12. The topological polar surface area (TPSA) is 89.8 Å². The average molecular weight is 485 g/mol. The van der Waals surface area contributed by atoms with Gasteiger partial charge in [-0.3, -0.25) is 9.59 Å². The van der Waals surface area contributed by atoms with E-state index >= 15 is 0 Å². The minimum absolute atomic E-state index is 0.153. The van der Waals surface area contributed by atoms with Gasteiger partial charge in [0.15, 0.2) is 0 Å². The Labute approximate surface area is 209 Å².